The molecule has 0 aliphatic carbocycles. The minimum Gasteiger partial charge on any atom is -0.493 e. The van der Waals surface area contributed by atoms with Crippen LogP contribution in [0.25, 0.3) is 10.9 Å². The van der Waals surface area contributed by atoms with Crippen molar-refractivity contribution in [1.29, 1.82) is 0 Å². The van der Waals surface area contributed by atoms with Crippen LogP contribution in [0.4, 0.5) is 0 Å². The summed E-state index contributed by atoms with van der Waals surface area (Å²) in [5.41, 5.74) is 2.12. The molecule has 0 fully saturated rings. The van der Waals surface area contributed by atoms with Crippen LogP contribution in [0.1, 0.15) is 11.4 Å². The summed E-state index contributed by atoms with van der Waals surface area (Å²) in [5, 5.41) is 7.51. The second kappa shape index (κ2) is 8.12. The topological polar surface area (TPSA) is 100 Å². The first-order chi connectivity index (χ1) is 13.4. The zero-order valence-electron chi connectivity index (χ0n) is 16.4. The van der Waals surface area contributed by atoms with Crippen molar-refractivity contribution >= 4 is 16.8 Å². The Hall–Kier alpha value is -3.36. The molecule has 3 aromatic rings. The lowest BCUT2D eigenvalue weighted by Crippen LogP contribution is -2.34. The highest BCUT2D eigenvalue weighted by Gasteiger charge is 2.12. The number of fused-ring (bicyclic) bond motifs is 1. The van der Waals surface area contributed by atoms with Gasteiger partial charge in [-0.3, -0.25) is 18.8 Å². The van der Waals surface area contributed by atoms with E-state index in [1.54, 1.807) is 12.1 Å². The first-order valence-electron chi connectivity index (χ1n) is 8.82. The second-order valence-corrected chi connectivity index (χ2v) is 6.40. The average Bonchev–Trinajstić information content (AvgIpc) is 3.00. The van der Waals surface area contributed by atoms with E-state index < -0.39 is 0 Å². The standard InChI is InChI=1S/C19H23N5O4/c1-12-7-13(2)24(22-12)6-5-20-18(25)10-23-11-21-15-9-17(28-4)16(27-3)8-14(15)19(23)26/h7-9,11H,5-6,10H2,1-4H3,(H,20,25). The van der Waals surface area contributed by atoms with Gasteiger partial charge in [0.05, 0.1) is 43.7 Å². The minimum absolute atomic E-state index is 0.118. The Morgan fingerprint density at radius 3 is 2.50 bits per heavy atom. The number of aromatic nitrogens is 4. The van der Waals surface area contributed by atoms with Gasteiger partial charge in [-0.25, -0.2) is 4.98 Å². The molecule has 9 heteroatoms. The Morgan fingerprint density at radius 2 is 1.86 bits per heavy atom. The van der Waals surface area contributed by atoms with E-state index in [4.69, 9.17) is 9.47 Å². The number of methoxy groups -OCH3 is 2. The van der Waals surface area contributed by atoms with Crippen LogP contribution in [-0.4, -0.2) is 46.0 Å². The van der Waals surface area contributed by atoms with Crippen LogP contribution in [0, 0.1) is 13.8 Å². The van der Waals surface area contributed by atoms with Crippen LogP contribution < -0.4 is 20.3 Å². The molecule has 0 atom stereocenters. The molecule has 0 aliphatic rings. The molecule has 2 aromatic heterocycles. The number of aryl methyl sites for hydroxylation is 2. The fraction of sp³-hybridized carbons (Fsp3) is 0.368. The average molecular weight is 385 g/mol. The molecule has 0 aliphatic heterocycles. The van der Waals surface area contributed by atoms with Gasteiger partial charge < -0.3 is 14.8 Å². The lowest BCUT2D eigenvalue weighted by molar-refractivity contribution is -0.121. The number of nitrogens with one attached hydrogen (secondary N) is 1. The van der Waals surface area contributed by atoms with Gasteiger partial charge >= 0.3 is 0 Å². The van der Waals surface area contributed by atoms with Crippen molar-refractivity contribution in [2.24, 2.45) is 0 Å². The van der Waals surface area contributed by atoms with Gasteiger partial charge in [0.2, 0.25) is 5.91 Å². The number of hydrogen-bond acceptors (Lipinski definition) is 6. The lowest BCUT2D eigenvalue weighted by atomic mass is 10.2. The maximum Gasteiger partial charge on any atom is 0.261 e. The molecular weight excluding hydrogens is 362 g/mol. The number of ether oxygens (including phenoxy) is 2. The van der Waals surface area contributed by atoms with Gasteiger partial charge in [-0.05, 0) is 26.0 Å². The summed E-state index contributed by atoms with van der Waals surface area (Å²) in [6.07, 6.45) is 1.36. The number of amides is 1. The monoisotopic (exact) mass is 385 g/mol. The molecule has 2 heterocycles. The van der Waals surface area contributed by atoms with E-state index in [2.05, 4.69) is 15.4 Å². The Balaban J connectivity index is 1.71. The van der Waals surface area contributed by atoms with Crippen LogP contribution in [0.2, 0.25) is 0 Å². The number of carbonyl (C=O) groups is 1. The van der Waals surface area contributed by atoms with Gasteiger partial charge in [-0.15, -0.1) is 0 Å². The summed E-state index contributed by atoms with van der Waals surface area (Å²) >= 11 is 0. The highest BCUT2D eigenvalue weighted by atomic mass is 16.5. The molecule has 1 aromatic carbocycles. The van der Waals surface area contributed by atoms with Gasteiger partial charge in [-0.1, -0.05) is 0 Å². The first kappa shape index (κ1) is 19.4. The number of carbonyl (C=O) groups excluding carboxylic acids is 1. The van der Waals surface area contributed by atoms with E-state index in [0.29, 0.717) is 35.5 Å². The molecule has 0 bridgehead atoms. The van der Waals surface area contributed by atoms with Crippen molar-refractivity contribution in [3.63, 3.8) is 0 Å². The Labute approximate surface area is 161 Å². The molecule has 1 N–H and O–H groups in total. The van der Waals surface area contributed by atoms with Crippen molar-refractivity contribution in [3.05, 3.63) is 46.3 Å². The minimum atomic E-state index is -0.320. The van der Waals surface area contributed by atoms with Crippen LogP contribution in [0.5, 0.6) is 11.5 Å². The maximum absolute atomic E-state index is 12.7. The van der Waals surface area contributed by atoms with Crippen LogP contribution >= 0.6 is 0 Å². The fourth-order valence-corrected chi connectivity index (χ4v) is 3.01. The van der Waals surface area contributed by atoms with Crippen LogP contribution in [0.3, 0.4) is 0 Å². The number of nitrogens with zero attached hydrogens (tertiary/aromatic N) is 4. The second-order valence-electron chi connectivity index (χ2n) is 6.40. The van der Waals surface area contributed by atoms with Crippen LogP contribution in [-0.2, 0) is 17.9 Å². The summed E-state index contributed by atoms with van der Waals surface area (Å²) in [6.45, 7) is 4.75. The molecule has 9 nitrogen and oxygen atoms in total. The molecule has 0 spiro atoms. The van der Waals surface area contributed by atoms with Crippen molar-refractivity contribution in [3.8, 4) is 11.5 Å². The van der Waals surface area contributed by atoms with Gasteiger partial charge in [0, 0.05) is 18.3 Å². The zero-order chi connectivity index (χ0) is 20.3. The summed E-state index contributed by atoms with van der Waals surface area (Å²) in [7, 11) is 3.01. The predicted molar refractivity (Wildman–Crippen MR) is 104 cm³/mol. The van der Waals surface area contributed by atoms with Crippen LogP contribution in [0.15, 0.2) is 29.3 Å². The molecule has 0 radical (unpaired) electrons. The highest BCUT2D eigenvalue weighted by molar-refractivity contribution is 5.82. The molecule has 0 saturated carbocycles. The molecule has 1 amide bonds. The van der Waals surface area contributed by atoms with E-state index in [1.807, 2.05) is 24.6 Å². The largest absolute Gasteiger partial charge is 0.493 e. The third kappa shape index (κ3) is 3.98. The highest BCUT2D eigenvalue weighted by Crippen LogP contribution is 2.29. The summed E-state index contributed by atoms with van der Waals surface area (Å²) in [5.74, 6) is 0.646. The van der Waals surface area contributed by atoms with E-state index in [-0.39, 0.29) is 18.0 Å². The molecule has 0 unspecified atom stereocenters. The molecule has 148 valence electrons. The SMILES string of the molecule is COc1cc2ncn(CC(=O)NCCn3nc(C)cc3C)c(=O)c2cc1OC. The third-order valence-corrected chi connectivity index (χ3v) is 4.39. The summed E-state index contributed by atoms with van der Waals surface area (Å²) < 4.78 is 13.6. The van der Waals surface area contributed by atoms with Crippen molar-refractivity contribution < 1.29 is 14.3 Å². The van der Waals surface area contributed by atoms with E-state index in [9.17, 15) is 9.59 Å². The van der Waals surface area contributed by atoms with E-state index in [0.717, 1.165) is 11.4 Å². The quantitative estimate of drug-likeness (QED) is 0.652. The van der Waals surface area contributed by atoms with Crippen molar-refractivity contribution in [2.45, 2.75) is 26.9 Å². The Morgan fingerprint density at radius 1 is 1.14 bits per heavy atom. The number of rotatable bonds is 7. The molecule has 3 rings (SSSR count). The van der Waals surface area contributed by atoms with Gasteiger partial charge in [0.25, 0.3) is 5.56 Å². The van der Waals surface area contributed by atoms with E-state index in [1.165, 1.54) is 25.1 Å². The van der Waals surface area contributed by atoms with E-state index >= 15 is 0 Å². The van der Waals surface area contributed by atoms with Crippen molar-refractivity contribution in [1.82, 2.24) is 24.6 Å². The normalized spacial score (nSPS) is 10.9. The third-order valence-electron chi connectivity index (χ3n) is 4.39. The number of hydrogen-bond donors (Lipinski definition) is 1. The molecule has 28 heavy (non-hydrogen) atoms. The zero-order valence-corrected chi connectivity index (χ0v) is 16.4. The smallest absolute Gasteiger partial charge is 0.261 e. The first-order valence-corrected chi connectivity index (χ1v) is 8.82. The van der Waals surface area contributed by atoms with Gasteiger partial charge in [0.1, 0.15) is 6.54 Å². The predicted octanol–water partition coefficient (Wildman–Crippen LogP) is 1.04. The molecule has 0 saturated heterocycles. The van der Waals surface area contributed by atoms with Gasteiger partial charge in [-0.2, -0.15) is 5.10 Å². The van der Waals surface area contributed by atoms with Crippen molar-refractivity contribution in [2.75, 3.05) is 20.8 Å². The maximum atomic E-state index is 12.7. The Bertz CT molecular complexity index is 1070. The molecular formula is C19H23N5O4. The summed E-state index contributed by atoms with van der Waals surface area (Å²) in [6, 6.07) is 5.18. The summed E-state index contributed by atoms with van der Waals surface area (Å²) in [4.78, 5) is 29.2. The lowest BCUT2D eigenvalue weighted by Gasteiger charge is -2.11. The number of benzene rings is 1. The fourth-order valence-electron chi connectivity index (χ4n) is 3.01. The Kier molecular flexibility index (Phi) is 5.62. The van der Waals surface area contributed by atoms with Gasteiger partial charge in [0.15, 0.2) is 11.5 Å².